The van der Waals surface area contributed by atoms with Crippen molar-refractivity contribution in [1.82, 2.24) is 9.88 Å². The lowest BCUT2D eigenvalue weighted by molar-refractivity contribution is -0.124. The zero-order valence-electron chi connectivity index (χ0n) is 11.2. The fourth-order valence-corrected chi connectivity index (χ4v) is 2.20. The van der Waals surface area contributed by atoms with E-state index in [0.29, 0.717) is 10.6 Å². The lowest BCUT2D eigenvalue weighted by Crippen LogP contribution is -2.33. The smallest absolute Gasteiger partial charge is 0.242 e. The molecule has 1 amide bonds. The second-order valence-corrected chi connectivity index (χ2v) is 5.00. The zero-order chi connectivity index (χ0) is 14.5. The first-order valence-electron chi connectivity index (χ1n) is 6.42. The summed E-state index contributed by atoms with van der Waals surface area (Å²) in [4.78, 5) is 12.0. The molecule has 0 spiro atoms. The molecule has 1 heterocycles. The summed E-state index contributed by atoms with van der Waals surface area (Å²) in [6.07, 6.45) is 2.84. The fourth-order valence-electron chi connectivity index (χ4n) is 1.94. The predicted molar refractivity (Wildman–Crippen MR) is 78.6 cm³/mol. The summed E-state index contributed by atoms with van der Waals surface area (Å²) in [5.74, 6) is -0.146. The molecule has 106 valence electrons. The minimum Gasteiger partial charge on any atom is -0.387 e. The van der Waals surface area contributed by atoms with Gasteiger partial charge in [0.15, 0.2) is 0 Å². The first-order chi connectivity index (χ1) is 9.59. The number of carbonyl (C=O) groups excluding carboxylic acids is 1. The van der Waals surface area contributed by atoms with Gasteiger partial charge < -0.3 is 15.0 Å². The third-order valence-corrected chi connectivity index (χ3v) is 3.53. The van der Waals surface area contributed by atoms with Crippen molar-refractivity contribution in [2.45, 2.75) is 19.1 Å². The van der Waals surface area contributed by atoms with Crippen LogP contribution in [0.15, 0.2) is 48.8 Å². The van der Waals surface area contributed by atoms with E-state index in [1.165, 1.54) is 0 Å². The predicted octanol–water partition coefficient (Wildman–Crippen LogP) is 2.55. The molecule has 0 saturated heterocycles. The lowest BCUT2D eigenvalue weighted by atomic mass is 10.1. The normalized spacial score (nSPS) is 13.8. The number of hydrogen-bond donors (Lipinski definition) is 2. The van der Waals surface area contributed by atoms with E-state index in [1.54, 1.807) is 35.8 Å². The molecule has 0 aliphatic carbocycles. The van der Waals surface area contributed by atoms with Gasteiger partial charge in [0.1, 0.15) is 6.04 Å². The molecular formula is C15H17ClN2O2. The number of aromatic nitrogens is 1. The van der Waals surface area contributed by atoms with Crippen LogP contribution in [0.1, 0.15) is 24.6 Å². The minimum atomic E-state index is -0.815. The van der Waals surface area contributed by atoms with Gasteiger partial charge in [-0.15, -0.1) is 0 Å². The van der Waals surface area contributed by atoms with Crippen LogP contribution in [0.25, 0.3) is 0 Å². The molecule has 0 aliphatic heterocycles. The van der Waals surface area contributed by atoms with E-state index in [1.807, 2.05) is 24.5 Å². The van der Waals surface area contributed by atoms with Crippen LogP contribution < -0.4 is 5.32 Å². The zero-order valence-corrected chi connectivity index (χ0v) is 11.9. The van der Waals surface area contributed by atoms with Crippen LogP contribution in [-0.2, 0) is 4.79 Å². The molecule has 2 aromatic rings. The Kier molecular flexibility index (Phi) is 4.82. The number of nitrogens with one attached hydrogen (secondary N) is 1. The molecule has 4 nitrogen and oxygen atoms in total. The van der Waals surface area contributed by atoms with E-state index in [2.05, 4.69) is 5.32 Å². The van der Waals surface area contributed by atoms with Crippen molar-refractivity contribution in [1.29, 1.82) is 0 Å². The molecule has 2 N–H and O–H groups in total. The van der Waals surface area contributed by atoms with Crippen molar-refractivity contribution in [3.8, 4) is 0 Å². The van der Waals surface area contributed by atoms with E-state index >= 15 is 0 Å². The first kappa shape index (κ1) is 14.6. The Morgan fingerprint density at radius 2 is 1.95 bits per heavy atom. The maximum absolute atomic E-state index is 12.0. The molecule has 1 aromatic heterocycles. The van der Waals surface area contributed by atoms with Gasteiger partial charge in [0.25, 0.3) is 0 Å². The quantitative estimate of drug-likeness (QED) is 0.890. The van der Waals surface area contributed by atoms with Gasteiger partial charge in [-0.25, -0.2) is 0 Å². The summed E-state index contributed by atoms with van der Waals surface area (Å²) >= 11 is 6.00. The molecule has 0 saturated carbocycles. The third kappa shape index (κ3) is 3.40. The summed E-state index contributed by atoms with van der Waals surface area (Å²) in [6.45, 7) is 1.94. The van der Waals surface area contributed by atoms with E-state index in [4.69, 9.17) is 11.6 Å². The van der Waals surface area contributed by atoms with Crippen molar-refractivity contribution in [2.24, 2.45) is 0 Å². The second-order valence-electron chi connectivity index (χ2n) is 4.59. The van der Waals surface area contributed by atoms with Crippen molar-refractivity contribution in [3.05, 3.63) is 59.4 Å². The van der Waals surface area contributed by atoms with Gasteiger partial charge in [-0.2, -0.15) is 0 Å². The van der Waals surface area contributed by atoms with Crippen molar-refractivity contribution in [2.75, 3.05) is 6.54 Å². The highest BCUT2D eigenvalue weighted by Gasteiger charge is 2.16. The Morgan fingerprint density at radius 3 is 2.60 bits per heavy atom. The van der Waals surface area contributed by atoms with Crippen LogP contribution in [0, 0.1) is 0 Å². The number of halogens is 1. The Hall–Kier alpha value is -1.78. The molecular weight excluding hydrogens is 276 g/mol. The number of carbonyl (C=O) groups is 1. The number of nitrogens with zero attached hydrogens (tertiary/aromatic N) is 1. The number of amides is 1. The topological polar surface area (TPSA) is 54.3 Å². The number of hydrogen-bond acceptors (Lipinski definition) is 2. The van der Waals surface area contributed by atoms with Gasteiger partial charge in [-0.05, 0) is 25.1 Å². The summed E-state index contributed by atoms with van der Waals surface area (Å²) < 4.78 is 1.80. The van der Waals surface area contributed by atoms with Crippen molar-refractivity contribution < 1.29 is 9.90 Å². The van der Waals surface area contributed by atoms with Gasteiger partial charge >= 0.3 is 0 Å². The summed E-state index contributed by atoms with van der Waals surface area (Å²) in [6, 6.07) is 10.5. The summed E-state index contributed by atoms with van der Waals surface area (Å²) in [7, 11) is 0. The third-order valence-electron chi connectivity index (χ3n) is 3.19. The molecule has 2 atom stereocenters. The molecule has 2 rings (SSSR count). The largest absolute Gasteiger partial charge is 0.387 e. The van der Waals surface area contributed by atoms with E-state index < -0.39 is 6.10 Å². The second kappa shape index (κ2) is 6.59. The van der Waals surface area contributed by atoms with Crippen molar-refractivity contribution >= 4 is 17.5 Å². The Bertz CT molecular complexity index is 569. The molecule has 20 heavy (non-hydrogen) atoms. The van der Waals surface area contributed by atoms with Crippen LogP contribution in [0.4, 0.5) is 0 Å². The maximum Gasteiger partial charge on any atom is 0.242 e. The first-order valence-corrected chi connectivity index (χ1v) is 6.80. The highest BCUT2D eigenvalue weighted by Crippen LogP contribution is 2.22. The molecule has 5 heteroatoms. The van der Waals surface area contributed by atoms with Crippen LogP contribution in [0.3, 0.4) is 0 Å². The van der Waals surface area contributed by atoms with E-state index in [9.17, 15) is 9.90 Å². The van der Waals surface area contributed by atoms with Crippen LogP contribution in [0.5, 0.6) is 0 Å². The Balaban J connectivity index is 1.92. The van der Waals surface area contributed by atoms with E-state index in [0.717, 1.165) is 0 Å². The average Bonchev–Trinajstić information content (AvgIpc) is 2.98. The molecule has 1 aromatic carbocycles. The van der Waals surface area contributed by atoms with Gasteiger partial charge in [-0.3, -0.25) is 4.79 Å². The molecule has 0 bridgehead atoms. The van der Waals surface area contributed by atoms with Crippen LogP contribution in [0.2, 0.25) is 5.02 Å². The monoisotopic (exact) mass is 292 g/mol. The molecule has 2 unspecified atom stereocenters. The summed E-state index contributed by atoms with van der Waals surface area (Å²) in [5.41, 5.74) is 0.614. The fraction of sp³-hybridized carbons (Fsp3) is 0.267. The molecule has 0 aliphatic rings. The standard InChI is InChI=1S/C15H17ClN2O2/c1-11(18-8-4-5-9-18)15(20)17-10-14(19)12-6-2-3-7-13(12)16/h2-9,11,14,19H,10H2,1H3,(H,17,20). The molecule has 0 radical (unpaired) electrons. The summed E-state index contributed by atoms with van der Waals surface area (Å²) in [5, 5.41) is 13.3. The number of aliphatic hydroxyl groups excluding tert-OH is 1. The van der Waals surface area contributed by atoms with Crippen LogP contribution in [-0.4, -0.2) is 22.1 Å². The van der Waals surface area contributed by atoms with Gasteiger partial charge in [-0.1, -0.05) is 29.8 Å². The lowest BCUT2D eigenvalue weighted by Gasteiger charge is -2.17. The molecule has 0 fully saturated rings. The Labute approximate surface area is 123 Å². The highest BCUT2D eigenvalue weighted by atomic mass is 35.5. The van der Waals surface area contributed by atoms with Gasteiger partial charge in [0.05, 0.1) is 6.10 Å². The Morgan fingerprint density at radius 1 is 1.30 bits per heavy atom. The van der Waals surface area contributed by atoms with Gasteiger partial charge in [0, 0.05) is 29.5 Å². The highest BCUT2D eigenvalue weighted by molar-refractivity contribution is 6.31. The minimum absolute atomic E-state index is 0.133. The number of benzene rings is 1. The SMILES string of the molecule is CC(C(=O)NCC(O)c1ccccc1Cl)n1cccc1. The van der Waals surface area contributed by atoms with Crippen LogP contribution >= 0.6 is 11.6 Å². The van der Waals surface area contributed by atoms with E-state index in [-0.39, 0.29) is 18.5 Å². The number of aliphatic hydroxyl groups is 1. The number of rotatable bonds is 5. The van der Waals surface area contributed by atoms with Gasteiger partial charge in [0.2, 0.25) is 5.91 Å². The van der Waals surface area contributed by atoms with Crippen molar-refractivity contribution in [3.63, 3.8) is 0 Å². The average molecular weight is 293 g/mol. The maximum atomic E-state index is 12.0.